The van der Waals surface area contributed by atoms with Gasteiger partial charge in [0.05, 0.1) is 31.5 Å². The van der Waals surface area contributed by atoms with Gasteiger partial charge in [-0.1, -0.05) is 11.6 Å². The lowest BCUT2D eigenvalue weighted by Gasteiger charge is -2.14. The van der Waals surface area contributed by atoms with E-state index in [0.29, 0.717) is 17.3 Å². The molecule has 0 aliphatic carbocycles. The molecule has 0 unspecified atom stereocenters. The Morgan fingerprint density at radius 1 is 1.19 bits per heavy atom. The molecule has 1 aromatic carbocycles. The van der Waals surface area contributed by atoms with Crippen LogP contribution in [0.25, 0.3) is 0 Å². The molecule has 2 rings (SSSR count). The number of halogens is 1. The van der Waals surface area contributed by atoms with Crippen LogP contribution in [0.1, 0.15) is 16.8 Å². The molecule has 1 N–H and O–H groups in total. The van der Waals surface area contributed by atoms with Gasteiger partial charge in [0.1, 0.15) is 11.5 Å². The third-order valence-electron chi connectivity index (χ3n) is 3.36. The second-order valence-corrected chi connectivity index (χ2v) is 5.16. The summed E-state index contributed by atoms with van der Waals surface area (Å²) in [6.07, 6.45) is 1.82. The first-order valence-electron chi connectivity index (χ1n) is 6.63. The molecule has 2 aromatic rings. The maximum absolute atomic E-state index is 6.01. The van der Waals surface area contributed by atoms with Crippen molar-refractivity contribution in [3.8, 4) is 11.5 Å². The van der Waals surface area contributed by atoms with Crippen LogP contribution in [0.4, 0.5) is 5.69 Å². The van der Waals surface area contributed by atoms with Crippen molar-refractivity contribution in [2.45, 2.75) is 20.4 Å². The fourth-order valence-corrected chi connectivity index (χ4v) is 2.40. The Kier molecular flexibility index (Phi) is 4.91. The van der Waals surface area contributed by atoms with E-state index in [0.717, 1.165) is 28.3 Å². The number of aryl methyl sites for hydroxylation is 1. The number of hydrogen-bond donors (Lipinski definition) is 1. The molecule has 0 bridgehead atoms. The quantitative estimate of drug-likeness (QED) is 0.907. The normalized spacial score (nSPS) is 10.3. The third kappa shape index (κ3) is 3.39. The maximum Gasteiger partial charge on any atom is 0.139 e. The standard InChI is InChI=1S/C16H19ClN2O2/c1-10-8-19-14(11(2)16(10)21-4)9-18-12-5-6-13(17)15(7-12)20-3/h5-8,18H,9H2,1-4H3. The van der Waals surface area contributed by atoms with Crippen LogP contribution in [-0.4, -0.2) is 19.2 Å². The average Bonchev–Trinajstić information content (AvgIpc) is 2.48. The number of nitrogens with one attached hydrogen (secondary N) is 1. The highest BCUT2D eigenvalue weighted by Crippen LogP contribution is 2.28. The van der Waals surface area contributed by atoms with E-state index in [9.17, 15) is 0 Å². The van der Waals surface area contributed by atoms with Gasteiger partial charge in [-0.2, -0.15) is 0 Å². The highest BCUT2D eigenvalue weighted by molar-refractivity contribution is 6.32. The molecule has 21 heavy (non-hydrogen) atoms. The number of anilines is 1. The van der Waals surface area contributed by atoms with Gasteiger partial charge in [-0.3, -0.25) is 4.98 Å². The zero-order valence-electron chi connectivity index (χ0n) is 12.7. The molecule has 1 aromatic heterocycles. The van der Waals surface area contributed by atoms with Gasteiger partial charge in [0.15, 0.2) is 0 Å². The number of aromatic nitrogens is 1. The lowest BCUT2D eigenvalue weighted by molar-refractivity contribution is 0.407. The minimum absolute atomic E-state index is 0.592. The van der Waals surface area contributed by atoms with E-state index in [4.69, 9.17) is 21.1 Å². The number of methoxy groups -OCH3 is 2. The minimum atomic E-state index is 0.592. The van der Waals surface area contributed by atoms with E-state index in [1.54, 1.807) is 20.3 Å². The van der Waals surface area contributed by atoms with Gasteiger partial charge in [-0.15, -0.1) is 0 Å². The second kappa shape index (κ2) is 6.68. The van der Waals surface area contributed by atoms with E-state index in [1.165, 1.54) is 0 Å². The summed E-state index contributed by atoms with van der Waals surface area (Å²) in [5.41, 5.74) is 3.96. The highest BCUT2D eigenvalue weighted by atomic mass is 35.5. The summed E-state index contributed by atoms with van der Waals surface area (Å²) < 4.78 is 10.6. The molecule has 0 aliphatic heterocycles. The number of hydrogen-bond acceptors (Lipinski definition) is 4. The van der Waals surface area contributed by atoms with Crippen molar-refractivity contribution in [1.29, 1.82) is 0 Å². The highest BCUT2D eigenvalue weighted by Gasteiger charge is 2.09. The van der Waals surface area contributed by atoms with Crippen LogP contribution in [0, 0.1) is 13.8 Å². The van der Waals surface area contributed by atoms with Crippen LogP contribution in [0.15, 0.2) is 24.4 Å². The molecule has 5 heteroatoms. The molecule has 4 nitrogen and oxygen atoms in total. The van der Waals surface area contributed by atoms with Gasteiger partial charge in [0, 0.05) is 29.1 Å². The molecule has 112 valence electrons. The summed E-state index contributed by atoms with van der Waals surface area (Å²) in [6.45, 7) is 4.60. The SMILES string of the molecule is COc1cc(NCc2ncc(C)c(OC)c2C)ccc1Cl. The summed E-state index contributed by atoms with van der Waals surface area (Å²) in [5.74, 6) is 1.53. The maximum atomic E-state index is 6.01. The number of rotatable bonds is 5. The Bertz CT molecular complexity index is 644. The zero-order chi connectivity index (χ0) is 15.4. The van der Waals surface area contributed by atoms with Crippen LogP contribution >= 0.6 is 11.6 Å². The van der Waals surface area contributed by atoms with Gasteiger partial charge in [-0.25, -0.2) is 0 Å². The number of pyridine rings is 1. The van der Waals surface area contributed by atoms with Crippen molar-refractivity contribution in [1.82, 2.24) is 4.98 Å². The van der Waals surface area contributed by atoms with Crippen LogP contribution in [0.5, 0.6) is 11.5 Å². The molecule has 0 saturated heterocycles. The van der Waals surface area contributed by atoms with Crippen molar-refractivity contribution in [3.63, 3.8) is 0 Å². The summed E-state index contributed by atoms with van der Waals surface area (Å²) in [5, 5.41) is 3.91. The van der Waals surface area contributed by atoms with Crippen molar-refractivity contribution in [3.05, 3.63) is 46.2 Å². The lowest BCUT2D eigenvalue weighted by Crippen LogP contribution is -2.06. The Hall–Kier alpha value is -1.94. The van der Waals surface area contributed by atoms with Gasteiger partial charge in [0.25, 0.3) is 0 Å². The monoisotopic (exact) mass is 306 g/mol. The summed E-state index contributed by atoms with van der Waals surface area (Å²) >= 11 is 6.01. The van der Waals surface area contributed by atoms with Crippen LogP contribution in [-0.2, 0) is 6.54 Å². The third-order valence-corrected chi connectivity index (χ3v) is 3.67. The molecule has 1 heterocycles. The molecule has 0 aliphatic rings. The van der Waals surface area contributed by atoms with E-state index < -0.39 is 0 Å². The minimum Gasteiger partial charge on any atom is -0.496 e. The first-order valence-corrected chi connectivity index (χ1v) is 7.01. The molecular formula is C16H19ClN2O2. The molecule has 0 fully saturated rings. The second-order valence-electron chi connectivity index (χ2n) is 4.75. The summed E-state index contributed by atoms with van der Waals surface area (Å²) in [7, 11) is 3.28. The molecule has 0 spiro atoms. The first-order chi connectivity index (χ1) is 10.1. The van der Waals surface area contributed by atoms with Crippen molar-refractivity contribution < 1.29 is 9.47 Å². The topological polar surface area (TPSA) is 43.4 Å². The van der Waals surface area contributed by atoms with E-state index in [-0.39, 0.29) is 0 Å². The Balaban J connectivity index is 2.17. The van der Waals surface area contributed by atoms with Crippen LogP contribution in [0.3, 0.4) is 0 Å². The fourth-order valence-electron chi connectivity index (χ4n) is 2.20. The average molecular weight is 307 g/mol. The molecular weight excluding hydrogens is 288 g/mol. The zero-order valence-corrected chi connectivity index (χ0v) is 13.4. The lowest BCUT2D eigenvalue weighted by atomic mass is 10.1. The Morgan fingerprint density at radius 3 is 2.62 bits per heavy atom. The van der Waals surface area contributed by atoms with Gasteiger partial charge in [-0.05, 0) is 26.0 Å². The molecule has 0 amide bonds. The molecule has 0 radical (unpaired) electrons. The molecule has 0 atom stereocenters. The molecule has 0 saturated carbocycles. The number of ether oxygens (including phenoxy) is 2. The number of nitrogens with zero attached hydrogens (tertiary/aromatic N) is 1. The van der Waals surface area contributed by atoms with Gasteiger partial charge < -0.3 is 14.8 Å². The Morgan fingerprint density at radius 2 is 1.95 bits per heavy atom. The van der Waals surface area contributed by atoms with Crippen molar-refractivity contribution in [2.75, 3.05) is 19.5 Å². The Labute approximate surface area is 130 Å². The van der Waals surface area contributed by atoms with E-state index >= 15 is 0 Å². The van der Waals surface area contributed by atoms with E-state index in [1.807, 2.05) is 32.2 Å². The van der Waals surface area contributed by atoms with Gasteiger partial charge in [0.2, 0.25) is 0 Å². The number of benzene rings is 1. The van der Waals surface area contributed by atoms with Crippen molar-refractivity contribution in [2.24, 2.45) is 0 Å². The summed E-state index contributed by atoms with van der Waals surface area (Å²) in [6, 6.07) is 5.58. The fraction of sp³-hybridized carbons (Fsp3) is 0.312. The van der Waals surface area contributed by atoms with Crippen LogP contribution < -0.4 is 14.8 Å². The van der Waals surface area contributed by atoms with Crippen molar-refractivity contribution >= 4 is 17.3 Å². The predicted octanol–water partition coefficient (Wildman–Crippen LogP) is 3.98. The predicted molar refractivity (Wildman–Crippen MR) is 85.6 cm³/mol. The summed E-state index contributed by atoms with van der Waals surface area (Å²) in [4.78, 5) is 4.46. The first kappa shape index (κ1) is 15.4. The van der Waals surface area contributed by atoms with E-state index in [2.05, 4.69) is 10.3 Å². The largest absolute Gasteiger partial charge is 0.496 e. The van der Waals surface area contributed by atoms with Gasteiger partial charge >= 0.3 is 0 Å². The van der Waals surface area contributed by atoms with Crippen LogP contribution in [0.2, 0.25) is 5.02 Å². The smallest absolute Gasteiger partial charge is 0.139 e.